The molecule has 120 valence electrons. The predicted molar refractivity (Wildman–Crippen MR) is 92.9 cm³/mol. The normalized spacial score (nSPS) is 20.0. The van der Waals surface area contributed by atoms with Gasteiger partial charge in [-0.1, -0.05) is 24.3 Å². The van der Waals surface area contributed by atoms with Crippen LogP contribution in [0.2, 0.25) is 0 Å². The second-order valence-corrected chi connectivity index (χ2v) is 7.62. The van der Waals surface area contributed by atoms with Gasteiger partial charge in [0.2, 0.25) is 0 Å². The Morgan fingerprint density at radius 2 is 2.09 bits per heavy atom. The summed E-state index contributed by atoms with van der Waals surface area (Å²) in [6.45, 7) is 1.68. The quantitative estimate of drug-likeness (QED) is 0.919. The fourth-order valence-corrected chi connectivity index (χ4v) is 4.97. The number of thiophene rings is 1. The number of rotatable bonds is 2. The Kier molecular flexibility index (Phi) is 3.95. The monoisotopic (exact) mass is 327 g/mol. The molecule has 1 saturated heterocycles. The lowest BCUT2D eigenvalue weighted by molar-refractivity contribution is 0.0625. The number of benzene rings is 1. The number of nitrogens with zero attached hydrogens (tertiary/aromatic N) is 1. The van der Waals surface area contributed by atoms with Crippen molar-refractivity contribution in [3.8, 4) is 10.4 Å². The predicted octanol–water partition coefficient (Wildman–Crippen LogP) is 3.36. The summed E-state index contributed by atoms with van der Waals surface area (Å²) in [4.78, 5) is 16.9. The molecule has 0 bridgehead atoms. The number of likely N-dealkylation sites (tertiary alicyclic amines) is 1. The first-order valence-electron chi connectivity index (χ1n) is 8.37. The summed E-state index contributed by atoms with van der Waals surface area (Å²) in [5.74, 6) is 0.378. The molecule has 0 saturated carbocycles. The summed E-state index contributed by atoms with van der Waals surface area (Å²) >= 11 is 1.63. The van der Waals surface area contributed by atoms with Crippen LogP contribution in [0.15, 0.2) is 30.3 Å². The van der Waals surface area contributed by atoms with E-state index in [4.69, 9.17) is 0 Å². The highest BCUT2D eigenvalue weighted by Gasteiger charge is 2.27. The standard InChI is InChI=1S/C19H21NO2S/c21-12-13-4-3-9-20(11-13)19(22)17-10-15-8-7-14-5-1-2-6-16(14)18(15)23-17/h1-2,5-6,10,13,21H,3-4,7-9,11-12H2. The summed E-state index contributed by atoms with van der Waals surface area (Å²) < 4.78 is 0. The Hall–Kier alpha value is -1.65. The average Bonchev–Trinajstić information content (AvgIpc) is 3.06. The molecule has 2 aliphatic rings. The molecule has 2 aromatic rings. The molecule has 1 aromatic carbocycles. The minimum Gasteiger partial charge on any atom is -0.396 e. The summed E-state index contributed by atoms with van der Waals surface area (Å²) in [6.07, 6.45) is 4.10. The van der Waals surface area contributed by atoms with Crippen LogP contribution in [-0.4, -0.2) is 35.6 Å². The molecule has 23 heavy (non-hydrogen) atoms. The molecular formula is C19H21NO2S. The number of hydrogen-bond donors (Lipinski definition) is 1. The Labute approximate surface area is 140 Å². The van der Waals surface area contributed by atoms with Crippen molar-refractivity contribution in [2.75, 3.05) is 19.7 Å². The Balaban J connectivity index is 1.62. The fourth-order valence-electron chi connectivity index (χ4n) is 3.73. The number of aliphatic hydroxyl groups excluding tert-OH is 1. The number of piperidine rings is 1. The first-order valence-corrected chi connectivity index (χ1v) is 9.19. The van der Waals surface area contributed by atoms with Gasteiger partial charge in [0.15, 0.2) is 0 Å². The zero-order valence-electron chi connectivity index (χ0n) is 13.1. The summed E-state index contributed by atoms with van der Waals surface area (Å²) in [5.41, 5.74) is 4.00. The van der Waals surface area contributed by atoms with Crippen molar-refractivity contribution in [3.05, 3.63) is 46.3 Å². The van der Waals surface area contributed by atoms with Crippen LogP contribution in [-0.2, 0) is 12.8 Å². The van der Waals surface area contributed by atoms with E-state index in [0.717, 1.165) is 37.1 Å². The van der Waals surface area contributed by atoms with E-state index < -0.39 is 0 Å². The van der Waals surface area contributed by atoms with Crippen molar-refractivity contribution in [2.45, 2.75) is 25.7 Å². The number of carbonyl (C=O) groups is 1. The summed E-state index contributed by atoms with van der Waals surface area (Å²) in [5, 5.41) is 9.37. The number of carbonyl (C=O) groups excluding carboxylic acids is 1. The third kappa shape index (κ3) is 2.70. The molecule has 1 fully saturated rings. The number of hydrogen-bond acceptors (Lipinski definition) is 3. The third-order valence-corrected chi connectivity index (χ3v) is 6.21. The van der Waals surface area contributed by atoms with Gasteiger partial charge in [-0.05, 0) is 54.4 Å². The maximum Gasteiger partial charge on any atom is 0.263 e. The van der Waals surface area contributed by atoms with Crippen LogP contribution in [0.25, 0.3) is 10.4 Å². The third-order valence-electron chi connectivity index (χ3n) is 5.01. The molecule has 0 radical (unpaired) electrons. The van der Waals surface area contributed by atoms with E-state index >= 15 is 0 Å². The molecule has 1 aromatic heterocycles. The van der Waals surface area contributed by atoms with Crippen LogP contribution in [0.1, 0.15) is 33.6 Å². The lowest BCUT2D eigenvalue weighted by Gasteiger charge is -2.31. The number of aryl methyl sites for hydroxylation is 2. The number of amides is 1. The van der Waals surface area contributed by atoms with E-state index in [9.17, 15) is 9.90 Å². The molecule has 1 amide bonds. The molecule has 1 atom stereocenters. The zero-order chi connectivity index (χ0) is 15.8. The second-order valence-electron chi connectivity index (χ2n) is 6.56. The van der Waals surface area contributed by atoms with Crippen molar-refractivity contribution < 1.29 is 9.90 Å². The van der Waals surface area contributed by atoms with Gasteiger partial charge in [-0.3, -0.25) is 4.79 Å². The lowest BCUT2D eigenvalue weighted by Crippen LogP contribution is -2.40. The van der Waals surface area contributed by atoms with Gasteiger partial charge in [0, 0.05) is 24.6 Å². The van der Waals surface area contributed by atoms with E-state index in [0.29, 0.717) is 6.54 Å². The van der Waals surface area contributed by atoms with E-state index in [-0.39, 0.29) is 18.4 Å². The zero-order valence-corrected chi connectivity index (χ0v) is 13.9. The molecule has 4 heteroatoms. The molecular weight excluding hydrogens is 306 g/mol. The Bertz CT molecular complexity index is 737. The molecule has 1 N–H and O–H groups in total. The maximum atomic E-state index is 12.8. The topological polar surface area (TPSA) is 40.5 Å². The highest BCUT2D eigenvalue weighted by molar-refractivity contribution is 7.17. The minimum absolute atomic E-state index is 0.139. The van der Waals surface area contributed by atoms with E-state index in [2.05, 4.69) is 30.3 Å². The molecule has 2 heterocycles. The first kappa shape index (κ1) is 14.9. The van der Waals surface area contributed by atoms with Crippen LogP contribution < -0.4 is 0 Å². The Morgan fingerprint density at radius 1 is 1.26 bits per heavy atom. The van der Waals surface area contributed by atoms with Crippen molar-refractivity contribution in [2.24, 2.45) is 5.92 Å². The van der Waals surface area contributed by atoms with Crippen molar-refractivity contribution >= 4 is 17.2 Å². The lowest BCUT2D eigenvalue weighted by atomic mass is 9.91. The van der Waals surface area contributed by atoms with E-state index in [1.807, 2.05) is 4.90 Å². The molecule has 0 spiro atoms. The highest BCUT2D eigenvalue weighted by atomic mass is 32.1. The van der Waals surface area contributed by atoms with Gasteiger partial charge < -0.3 is 10.0 Å². The highest BCUT2D eigenvalue weighted by Crippen LogP contribution is 2.40. The van der Waals surface area contributed by atoms with Crippen LogP contribution in [0.4, 0.5) is 0 Å². The van der Waals surface area contributed by atoms with Gasteiger partial charge >= 0.3 is 0 Å². The molecule has 4 rings (SSSR count). The van der Waals surface area contributed by atoms with E-state index in [1.54, 1.807) is 11.3 Å². The largest absolute Gasteiger partial charge is 0.396 e. The minimum atomic E-state index is 0.139. The molecule has 1 unspecified atom stereocenters. The van der Waals surface area contributed by atoms with Crippen molar-refractivity contribution in [1.29, 1.82) is 0 Å². The summed E-state index contributed by atoms with van der Waals surface area (Å²) in [7, 11) is 0. The van der Waals surface area contributed by atoms with Crippen molar-refractivity contribution in [3.63, 3.8) is 0 Å². The van der Waals surface area contributed by atoms with Crippen molar-refractivity contribution in [1.82, 2.24) is 4.90 Å². The average molecular weight is 327 g/mol. The van der Waals surface area contributed by atoms with Crippen LogP contribution in [0.3, 0.4) is 0 Å². The van der Waals surface area contributed by atoms with E-state index in [1.165, 1.54) is 21.6 Å². The smallest absolute Gasteiger partial charge is 0.263 e. The van der Waals surface area contributed by atoms with Gasteiger partial charge in [-0.15, -0.1) is 11.3 Å². The number of aliphatic hydroxyl groups is 1. The number of fused-ring (bicyclic) bond motifs is 3. The summed E-state index contributed by atoms with van der Waals surface area (Å²) in [6, 6.07) is 10.6. The van der Waals surface area contributed by atoms with Gasteiger partial charge in [-0.2, -0.15) is 0 Å². The fraction of sp³-hybridized carbons (Fsp3) is 0.421. The van der Waals surface area contributed by atoms with Gasteiger partial charge in [-0.25, -0.2) is 0 Å². The second kappa shape index (κ2) is 6.10. The van der Waals surface area contributed by atoms with Gasteiger partial charge in [0.25, 0.3) is 5.91 Å². The van der Waals surface area contributed by atoms with Crippen LogP contribution >= 0.6 is 11.3 Å². The van der Waals surface area contributed by atoms with Crippen LogP contribution in [0, 0.1) is 5.92 Å². The molecule has 1 aliphatic carbocycles. The SMILES string of the molecule is O=C(c1cc2c(s1)-c1ccccc1CC2)N1CCCC(CO)C1. The molecule has 3 nitrogen and oxygen atoms in total. The van der Waals surface area contributed by atoms with Gasteiger partial charge in [0.1, 0.15) is 0 Å². The van der Waals surface area contributed by atoms with Crippen LogP contribution in [0.5, 0.6) is 0 Å². The van der Waals surface area contributed by atoms with Gasteiger partial charge in [0.05, 0.1) is 4.88 Å². The maximum absolute atomic E-state index is 12.8. The molecule has 1 aliphatic heterocycles. The Morgan fingerprint density at radius 3 is 2.96 bits per heavy atom. The first-order chi connectivity index (χ1) is 11.3.